The van der Waals surface area contributed by atoms with Crippen LogP contribution in [0.15, 0.2) is 46.9 Å². The molecular weight excluding hydrogens is 398 g/mol. The molecule has 138 valence electrons. The number of carbonyl (C=O) groups is 1. The Morgan fingerprint density at radius 3 is 2.88 bits per heavy atom. The number of amides is 1. The highest BCUT2D eigenvalue weighted by Crippen LogP contribution is 2.27. The molecule has 1 amide bonds. The Bertz CT molecular complexity index is 759. The fraction of sp³-hybridized carbons (Fsp3) is 0.350. The predicted octanol–water partition coefficient (Wildman–Crippen LogP) is 4.66. The Kier molecular flexibility index (Phi) is 6.52. The molecule has 1 fully saturated rings. The Hall–Kier alpha value is -2.05. The zero-order chi connectivity index (χ0) is 18.4. The highest BCUT2D eigenvalue weighted by atomic mass is 79.9. The zero-order valence-corrected chi connectivity index (χ0v) is 16.3. The van der Waals surface area contributed by atoms with Gasteiger partial charge in [0.2, 0.25) is 0 Å². The predicted molar refractivity (Wildman–Crippen MR) is 104 cm³/mol. The molecule has 6 heteroatoms. The number of ether oxygens (including phenoxy) is 3. The second kappa shape index (κ2) is 9.05. The highest BCUT2D eigenvalue weighted by molar-refractivity contribution is 9.10. The molecule has 0 aromatic heterocycles. The van der Waals surface area contributed by atoms with Crippen LogP contribution < -0.4 is 14.8 Å². The molecule has 3 rings (SSSR count). The van der Waals surface area contributed by atoms with Crippen LogP contribution in [0.5, 0.6) is 11.5 Å². The molecule has 1 aliphatic rings. The summed E-state index contributed by atoms with van der Waals surface area (Å²) in [5.74, 6) is 1.24. The molecule has 1 saturated heterocycles. The number of rotatable bonds is 7. The van der Waals surface area contributed by atoms with E-state index in [0.717, 1.165) is 23.9 Å². The van der Waals surface area contributed by atoms with Crippen molar-refractivity contribution >= 4 is 27.5 Å². The minimum absolute atomic E-state index is 0.162. The minimum atomic E-state index is -0.190. The number of hydrogen-bond donors (Lipinski definition) is 1. The zero-order valence-electron chi connectivity index (χ0n) is 14.7. The fourth-order valence-corrected chi connectivity index (χ4v) is 3.24. The monoisotopic (exact) mass is 419 g/mol. The first-order valence-electron chi connectivity index (χ1n) is 8.74. The van der Waals surface area contributed by atoms with Gasteiger partial charge in [0.15, 0.2) is 0 Å². The third kappa shape index (κ3) is 4.99. The molecule has 0 spiro atoms. The Morgan fingerprint density at radius 2 is 2.15 bits per heavy atom. The summed E-state index contributed by atoms with van der Waals surface area (Å²) in [6.07, 6.45) is 2.28. The van der Waals surface area contributed by atoms with Crippen molar-refractivity contribution in [3.63, 3.8) is 0 Å². The smallest absolute Gasteiger partial charge is 0.255 e. The SMILES string of the molecule is CCOc1ccc(C(=O)Nc2cccc(OCC3CCCO3)c2)cc1Br. The first-order valence-corrected chi connectivity index (χ1v) is 9.53. The first kappa shape index (κ1) is 18.7. The van der Waals surface area contributed by atoms with Crippen molar-refractivity contribution < 1.29 is 19.0 Å². The topological polar surface area (TPSA) is 56.8 Å². The van der Waals surface area contributed by atoms with Crippen molar-refractivity contribution in [2.75, 3.05) is 25.1 Å². The van der Waals surface area contributed by atoms with Crippen LogP contribution in [0, 0.1) is 0 Å². The van der Waals surface area contributed by atoms with E-state index in [4.69, 9.17) is 14.2 Å². The molecule has 0 saturated carbocycles. The van der Waals surface area contributed by atoms with E-state index >= 15 is 0 Å². The van der Waals surface area contributed by atoms with E-state index in [1.807, 2.05) is 31.2 Å². The summed E-state index contributed by atoms with van der Waals surface area (Å²) in [5, 5.41) is 2.89. The quantitative estimate of drug-likeness (QED) is 0.708. The van der Waals surface area contributed by atoms with Crippen LogP contribution in [-0.2, 0) is 4.74 Å². The number of hydrogen-bond acceptors (Lipinski definition) is 4. The Labute approximate surface area is 161 Å². The molecular formula is C20H22BrNO4. The van der Waals surface area contributed by atoms with Crippen LogP contribution in [0.25, 0.3) is 0 Å². The number of halogens is 1. The molecule has 0 radical (unpaired) electrons. The van der Waals surface area contributed by atoms with Crippen LogP contribution >= 0.6 is 15.9 Å². The number of anilines is 1. The van der Waals surface area contributed by atoms with Crippen molar-refractivity contribution in [1.29, 1.82) is 0 Å². The lowest BCUT2D eigenvalue weighted by Crippen LogP contribution is -2.16. The van der Waals surface area contributed by atoms with E-state index in [-0.39, 0.29) is 12.0 Å². The van der Waals surface area contributed by atoms with Gasteiger partial charge in [0.05, 0.1) is 17.2 Å². The van der Waals surface area contributed by atoms with Gasteiger partial charge in [0.25, 0.3) is 5.91 Å². The van der Waals surface area contributed by atoms with Gasteiger partial charge in [-0.3, -0.25) is 4.79 Å². The normalized spacial score (nSPS) is 16.3. The average molecular weight is 420 g/mol. The van der Waals surface area contributed by atoms with Gasteiger partial charge in [0, 0.05) is 23.9 Å². The summed E-state index contributed by atoms with van der Waals surface area (Å²) < 4.78 is 17.6. The summed E-state index contributed by atoms with van der Waals surface area (Å²) in [6.45, 7) is 3.83. The molecule has 1 unspecified atom stereocenters. The van der Waals surface area contributed by atoms with Crippen LogP contribution in [0.1, 0.15) is 30.1 Å². The van der Waals surface area contributed by atoms with Crippen molar-refractivity contribution in [2.45, 2.75) is 25.9 Å². The molecule has 2 aromatic rings. The standard InChI is InChI=1S/C20H22BrNO4/c1-2-24-19-9-8-14(11-18(19)21)20(23)22-15-5-3-6-16(12-15)26-13-17-7-4-10-25-17/h3,5-6,8-9,11-12,17H,2,4,7,10,13H2,1H3,(H,22,23). The molecule has 1 atom stereocenters. The lowest BCUT2D eigenvalue weighted by atomic mass is 10.2. The molecule has 0 aliphatic carbocycles. The number of carbonyl (C=O) groups excluding carboxylic acids is 1. The second-order valence-corrected chi connectivity index (χ2v) is 6.86. The number of nitrogens with one attached hydrogen (secondary N) is 1. The highest BCUT2D eigenvalue weighted by Gasteiger charge is 2.16. The molecule has 26 heavy (non-hydrogen) atoms. The largest absolute Gasteiger partial charge is 0.493 e. The lowest BCUT2D eigenvalue weighted by molar-refractivity contribution is 0.0680. The maximum Gasteiger partial charge on any atom is 0.255 e. The van der Waals surface area contributed by atoms with Gasteiger partial charge in [-0.05, 0) is 66.0 Å². The van der Waals surface area contributed by atoms with E-state index in [1.54, 1.807) is 18.2 Å². The van der Waals surface area contributed by atoms with E-state index < -0.39 is 0 Å². The van der Waals surface area contributed by atoms with Crippen LogP contribution in [-0.4, -0.2) is 31.8 Å². The maximum atomic E-state index is 12.5. The Balaban J connectivity index is 1.61. The molecule has 0 bridgehead atoms. The van der Waals surface area contributed by atoms with Gasteiger partial charge >= 0.3 is 0 Å². The summed E-state index contributed by atoms with van der Waals surface area (Å²) in [5.41, 5.74) is 1.23. The average Bonchev–Trinajstić information content (AvgIpc) is 3.16. The molecule has 2 aromatic carbocycles. The van der Waals surface area contributed by atoms with Gasteiger partial charge in [-0.2, -0.15) is 0 Å². The van der Waals surface area contributed by atoms with E-state index in [2.05, 4.69) is 21.2 Å². The molecule has 1 aliphatic heterocycles. The molecule has 5 nitrogen and oxygen atoms in total. The van der Waals surface area contributed by atoms with Gasteiger partial charge in [-0.25, -0.2) is 0 Å². The first-order chi connectivity index (χ1) is 12.7. The van der Waals surface area contributed by atoms with Crippen LogP contribution in [0.4, 0.5) is 5.69 Å². The van der Waals surface area contributed by atoms with Gasteiger partial charge in [0.1, 0.15) is 18.1 Å². The summed E-state index contributed by atoms with van der Waals surface area (Å²) in [4.78, 5) is 12.5. The van der Waals surface area contributed by atoms with Gasteiger partial charge in [-0.15, -0.1) is 0 Å². The van der Waals surface area contributed by atoms with Crippen molar-refractivity contribution in [3.05, 3.63) is 52.5 Å². The summed E-state index contributed by atoms with van der Waals surface area (Å²) in [7, 11) is 0. The van der Waals surface area contributed by atoms with Crippen molar-refractivity contribution in [3.8, 4) is 11.5 Å². The maximum absolute atomic E-state index is 12.5. The minimum Gasteiger partial charge on any atom is -0.493 e. The fourth-order valence-electron chi connectivity index (χ4n) is 2.75. The molecule has 1 N–H and O–H groups in total. The Morgan fingerprint density at radius 1 is 1.27 bits per heavy atom. The summed E-state index contributed by atoms with van der Waals surface area (Å²) in [6, 6.07) is 12.6. The van der Waals surface area contributed by atoms with Crippen LogP contribution in [0.3, 0.4) is 0 Å². The van der Waals surface area contributed by atoms with Gasteiger partial charge in [-0.1, -0.05) is 6.07 Å². The summed E-state index contributed by atoms with van der Waals surface area (Å²) >= 11 is 3.43. The van der Waals surface area contributed by atoms with E-state index in [1.165, 1.54) is 0 Å². The van der Waals surface area contributed by atoms with E-state index in [9.17, 15) is 4.79 Å². The molecule has 1 heterocycles. The van der Waals surface area contributed by atoms with Gasteiger partial charge < -0.3 is 19.5 Å². The second-order valence-electron chi connectivity index (χ2n) is 6.01. The number of benzene rings is 2. The van der Waals surface area contributed by atoms with Crippen molar-refractivity contribution in [1.82, 2.24) is 0 Å². The third-order valence-corrected chi connectivity index (χ3v) is 4.67. The van der Waals surface area contributed by atoms with Crippen molar-refractivity contribution in [2.24, 2.45) is 0 Å². The lowest BCUT2D eigenvalue weighted by Gasteiger charge is -2.13. The van der Waals surface area contributed by atoms with Crippen LogP contribution in [0.2, 0.25) is 0 Å². The van der Waals surface area contributed by atoms with E-state index in [0.29, 0.717) is 36.0 Å². The third-order valence-electron chi connectivity index (χ3n) is 4.05.